The number of hydrogen-bond donors (Lipinski definition) is 1. The first-order valence-corrected chi connectivity index (χ1v) is 4.36. The zero-order chi connectivity index (χ0) is 8.53. The molecule has 1 heteroatoms. The maximum Gasteiger partial charge on any atom is 0.0199 e. The number of nitrogens with one attached hydrogen (secondary N) is 1. The van der Waals surface area contributed by atoms with E-state index >= 15 is 0 Å². The Balaban J connectivity index is 3.35. The molecule has 0 aromatic heterocycles. The highest BCUT2D eigenvalue weighted by Gasteiger charge is 1.84. The van der Waals surface area contributed by atoms with Crippen LogP contribution < -0.4 is 5.32 Å². The van der Waals surface area contributed by atoms with Crippen molar-refractivity contribution in [2.45, 2.75) is 26.7 Å². The first kappa shape index (κ1) is 10.4. The smallest absolute Gasteiger partial charge is 0.0199 e. The number of rotatable bonds is 6. The number of hydrogen-bond acceptors (Lipinski definition) is 1. The maximum absolute atomic E-state index is 3.91. The monoisotopic (exact) mass is 153 g/mol. The van der Waals surface area contributed by atoms with Crippen molar-refractivity contribution >= 4 is 0 Å². The Kier molecular flexibility index (Phi) is 7.16. The van der Waals surface area contributed by atoms with E-state index in [0.29, 0.717) is 0 Å². The second kappa shape index (κ2) is 7.55. The molecule has 0 aliphatic rings. The molecule has 0 fully saturated rings. The van der Waals surface area contributed by atoms with Gasteiger partial charge in [-0.2, -0.15) is 0 Å². The molecule has 0 atom stereocenters. The number of allylic oxidation sites excluding steroid dienone is 1. The van der Waals surface area contributed by atoms with E-state index < -0.39 is 0 Å². The van der Waals surface area contributed by atoms with E-state index in [9.17, 15) is 0 Å². The Morgan fingerprint density at radius 1 is 1.45 bits per heavy atom. The van der Waals surface area contributed by atoms with Crippen LogP contribution in [0.1, 0.15) is 26.7 Å². The van der Waals surface area contributed by atoms with E-state index in [4.69, 9.17) is 0 Å². The largest absolute Gasteiger partial charge is 0.313 e. The van der Waals surface area contributed by atoms with Crippen molar-refractivity contribution in [3.8, 4) is 0 Å². The summed E-state index contributed by atoms with van der Waals surface area (Å²) in [4.78, 5) is 0. The van der Waals surface area contributed by atoms with Gasteiger partial charge in [-0.15, -0.1) is 0 Å². The molecule has 1 nitrogen and oxygen atoms in total. The van der Waals surface area contributed by atoms with E-state index in [1.807, 2.05) is 0 Å². The normalized spacial score (nSPS) is 10.7. The van der Waals surface area contributed by atoms with Crippen LogP contribution in [0.3, 0.4) is 0 Å². The summed E-state index contributed by atoms with van der Waals surface area (Å²) in [5, 5.41) is 3.22. The first-order chi connectivity index (χ1) is 5.31. The van der Waals surface area contributed by atoms with E-state index in [-0.39, 0.29) is 0 Å². The molecule has 64 valence electrons. The molecule has 0 aliphatic carbocycles. The highest BCUT2D eigenvalue weighted by atomic mass is 14.8. The SMILES string of the molecule is C=C(/C=C\CCC)CNCC. The van der Waals surface area contributed by atoms with Crippen molar-refractivity contribution < 1.29 is 0 Å². The molecule has 0 heterocycles. The molecule has 0 rings (SSSR count). The Morgan fingerprint density at radius 3 is 2.73 bits per heavy atom. The summed E-state index contributed by atoms with van der Waals surface area (Å²) in [5.74, 6) is 0. The van der Waals surface area contributed by atoms with Crippen LogP contribution in [0.2, 0.25) is 0 Å². The zero-order valence-corrected chi connectivity index (χ0v) is 7.69. The lowest BCUT2D eigenvalue weighted by atomic mass is 10.2. The number of unbranched alkanes of at least 4 members (excludes halogenated alkanes) is 1. The summed E-state index contributed by atoms with van der Waals surface area (Å²) in [6.07, 6.45) is 6.65. The Morgan fingerprint density at radius 2 is 2.18 bits per heavy atom. The van der Waals surface area contributed by atoms with Gasteiger partial charge in [0.2, 0.25) is 0 Å². The van der Waals surface area contributed by atoms with E-state index in [2.05, 4.69) is 37.9 Å². The molecule has 0 bridgehead atoms. The fourth-order valence-corrected chi connectivity index (χ4v) is 0.761. The lowest BCUT2D eigenvalue weighted by Crippen LogP contribution is -2.14. The Hall–Kier alpha value is -0.560. The third-order valence-corrected chi connectivity index (χ3v) is 1.41. The Labute approximate surface area is 70.2 Å². The molecule has 0 amide bonds. The quantitative estimate of drug-likeness (QED) is 0.578. The van der Waals surface area contributed by atoms with Crippen LogP contribution >= 0.6 is 0 Å². The summed E-state index contributed by atoms with van der Waals surface area (Å²) in [6, 6.07) is 0. The van der Waals surface area contributed by atoms with E-state index in [1.165, 1.54) is 12.0 Å². The van der Waals surface area contributed by atoms with Crippen molar-refractivity contribution in [2.24, 2.45) is 0 Å². The molecular weight excluding hydrogens is 134 g/mol. The lowest BCUT2D eigenvalue weighted by molar-refractivity contribution is 0.785. The molecule has 0 aliphatic heterocycles. The van der Waals surface area contributed by atoms with Crippen LogP contribution in [0, 0.1) is 0 Å². The molecular formula is C10H19N. The molecule has 11 heavy (non-hydrogen) atoms. The van der Waals surface area contributed by atoms with Gasteiger partial charge in [0.15, 0.2) is 0 Å². The van der Waals surface area contributed by atoms with Gasteiger partial charge in [-0.3, -0.25) is 0 Å². The summed E-state index contributed by atoms with van der Waals surface area (Å²) in [6.45, 7) is 10.1. The zero-order valence-electron chi connectivity index (χ0n) is 7.69. The van der Waals surface area contributed by atoms with Crippen molar-refractivity contribution in [1.82, 2.24) is 5.32 Å². The summed E-state index contributed by atoms with van der Waals surface area (Å²) >= 11 is 0. The minimum Gasteiger partial charge on any atom is -0.313 e. The average molecular weight is 153 g/mol. The fraction of sp³-hybridized carbons (Fsp3) is 0.600. The van der Waals surface area contributed by atoms with Crippen molar-refractivity contribution in [3.05, 3.63) is 24.3 Å². The van der Waals surface area contributed by atoms with Crippen LogP contribution in [-0.4, -0.2) is 13.1 Å². The van der Waals surface area contributed by atoms with Crippen molar-refractivity contribution in [3.63, 3.8) is 0 Å². The second-order valence-electron chi connectivity index (χ2n) is 2.63. The minimum absolute atomic E-state index is 0.913. The lowest BCUT2D eigenvalue weighted by Gasteiger charge is -1.99. The topological polar surface area (TPSA) is 12.0 Å². The predicted octanol–water partition coefficient (Wildman–Crippen LogP) is 2.51. The van der Waals surface area contributed by atoms with Crippen LogP contribution in [0.4, 0.5) is 0 Å². The third kappa shape index (κ3) is 7.34. The second-order valence-corrected chi connectivity index (χ2v) is 2.63. The van der Waals surface area contributed by atoms with Gasteiger partial charge >= 0.3 is 0 Å². The maximum atomic E-state index is 3.91. The minimum atomic E-state index is 0.913. The van der Waals surface area contributed by atoms with Gasteiger partial charge < -0.3 is 5.32 Å². The number of likely N-dealkylation sites (N-methyl/N-ethyl adjacent to an activating group) is 1. The molecule has 0 radical (unpaired) electrons. The highest BCUT2D eigenvalue weighted by molar-refractivity contribution is 5.15. The molecule has 0 aromatic rings. The van der Waals surface area contributed by atoms with Crippen LogP contribution in [0.5, 0.6) is 0 Å². The molecule has 1 N–H and O–H groups in total. The summed E-state index contributed by atoms with van der Waals surface area (Å²) < 4.78 is 0. The van der Waals surface area contributed by atoms with Gasteiger partial charge in [0.1, 0.15) is 0 Å². The molecule has 0 saturated carbocycles. The van der Waals surface area contributed by atoms with Gasteiger partial charge in [-0.05, 0) is 18.5 Å². The fourth-order valence-electron chi connectivity index (χ4n) is 0.761. The average Bonchev–Trinajstić information content (AvgIpc) is 2.01. The van der Waals surface area contributed by atoms with Gasteiger partial charge in [0.25, 0.3) is 0 Å². The van der Waals surface area contributed by atoms with E-state index in [0.717, 1.165) is 19.5 Å². The molecule has 0 spiro atoms. The Bertz CT molecular complexity index is 125. The van der Waals surface area contributed by atoms with Crippen molar-refractivity contribution in [1.29, 1.82) is 0 Å². The highest BCUT2D eigenvalue weighted by Crippen LogP contribution is 1.94. The van der Waals surface area contributed by atoms with Gasteiger partial charge in [-0.1, -0.05) is 39.0 Å². The van der Waals surface area contributed by atoms with Gasteiger partial charge in [-0.25, -0.2) is 0 Å². The van der Waals surface area contributed by atoms with Crippen LogP contribution in [0.25, 0.3) is 0 Å². The molecule has 0 unspecified atom stereocenters. The van der Waals surface area contributed by atoms with Gasteiger partial charge in [0, 0.05) is 6.54 Å². The van der Waals surface area contributed by atoms with Crippen molar-refractivity contribution in [2.75, 3.05) is 13.1 Å². The first-order valence-electron chi connectivity index (χ1n) is 4.36. The predicted molar refractivity (Wildman–Crippen MR) is 51.7 cm³/mol. The summed E-state index contributed by atoms with van der Waals surface area (Å²) in [7, 11) is 0. The third-order valence-electron chi connectivity index (χ3n) is 1.41. The molecule has 0 aromatic carbocycles. The van der Waals surface area contributed by atoms with Gasteiger partial charge in [0.05, 0.1) is 0 Å². The molecule has 0 saturated heterocycles. The summed E-state index contributed by atoms with van der Waals surface area (Å²) in [5.41, 5.74) is 1.17. The van der Waals surface area contributed by atoms with Crippen LogP contribution in [0.15, 0.2) is 24.3 Å². The van der Waals surface area contributed by atoms with Crippen LogP contribution in [-0.2, 0) is 0 Å². The van der Waals surface area contributed by atoms with E-state index in [1.54, 1.807) is 0 Å². The standard InChI is InChI=1S/C10H19N/c1-4-6-7-8-10(3)9-11-5-2/h7-8,11H,3-6,9H2,1-2H3/b8-7-.